The molecule has 28 heavy (non-hydrogen) atoms. The van der Waals surface area contributed by atoms with Crippen molar-refractivity contribution in [3.63, 3.8) is 0 Å². The van der Waals surface area contributed by atoms with E-state index in [1.165, 1.54) is 5.56 Å². The van der Waals surface area contributed by atoms with Gasteiger partial charge in [-0.25, -0.2) is 4.98 Å². The molecule has 2 aromatic rings. The van der Waals surface area contributed by atoms with Crippen molar-refractivity contribution >= 4 is 23.4 Å². The van der Waals surface area contributed by atoms with E-state index in [4.69, 9.17) is 0 Å². The number of allylic oxidation sites excluding steroid dienone is 2. The Kier molecular flexibility index (Phi) is 5.40. The van der Waals surface area contributed by atoms with Gasteiger partial charge in [0.2, 0.25) is 0 Å². The standard InChI is InChI=1S/C22H25N3O2S/c1-3-12-28-22-24-20-19(21(27)25-22)17(14-10-8-13(4-2)9-11-14)18-15(23-20)6-5-7-16(18)26/h8-11,17H,3-7,12H2,1-2H3,(H2,23,24,25,27). The number of rotatable bonds is 5. The molecular formula is C22H25N3O2S. The van der Waals surface area contributed by atoms with Crippen molar-refractivity contribution in [1.29, 1.82) is 0 Å². The number of anilines is 1. The van der Waals surface area contributed by atoms with Crippen LogP contribution in [0.4, 0.5) is 5.82 Å². The highest BCUT2D eigenvalue weighted by molar-refractivity contribution is 7.99. The summed E-state index contributed by atoms with van der Waals surface area (Å²) in [6.07, 6.45) is 4.15. The molecule has 4 rings (SSSR count). The van der Waals surface area contributed by atoms with Gasteiger partial charge >= 0.3 is 0 Å². The molecule has 1 aliphatic heterocycles. The van der Waals surface area contributed by atoms with E-state index in [1.807, 2.05) is 12.1 Å². The molecule has 2 aliphatic rings. The Morgan fingerprint density at radius 3 is 2.64 bits per heavy atom. The average Bonchev–Trinajstić information content (AvgIpc) is 2.71. The fraction of sp³-hybridized carbons (Fsp3) is 0.409. The Morgan fingerprint density at radius 1 is 1.14 bits per heavy atom. The lowest BCUT2D eigenvalue weighted by Crippen LogP contribution is -2.32. The van der Waals surface area contributed by atoms with E-state index in [2.05, 4.69) is 41.3 Å². The summed E-state index contributed by atoms with van der Waals surface area (Å²) in [6.45, 7) is 4.22. The number of carbonyl (C=O) groups excluding carboxylic acids is 1. The first-order valence-corrected chi connectivity index (χ1v) is 11.0. The molecule has 1 aromatic carbocycles. The Labute approximate surface area is 169 Å². The third kappa shape index (κ3) is 3.41. The van der Waals surface area contributed by atoms with Gasteiger partial charge in [0.1, 0.15) is 5.82 Å². The normalized spacial score (nSPS) is 18.5. The van der Waals surface area contributed by atoms with Crippen molar-refractivity contribution < 1.29 is 4.79 Å². The summed E-state index contributed by atoms with van der Waals surface area (Å²) in [7, 11) is 0. The number of H-pyrrole nitrogens is 1. The fourth-order valence-electron chi connectivity index (χ4n) is 3.99. The zero-order chi connectivity index (χ0) is 19.7. The van der Waals surface area contributed by atoms with Crippen LogP contribution in [0.25, 0.3) is 0 Å². The Balaban J connectivity index is 1.87. The van der Waals surface area contributed by atoms with Crippen LogP contribution in [0.15, 0.2) is 45.5 Å². The molecule has 2 heterocycles. The lowest BCUT2D eigenvalue weighted by molar-refractivity contribution is -0.116. The molecule has 146 valence electrons. The summed E-state index contributed by atoms with van der Waals surface area (Å²) in [6, 6.07) is 8.25. The van der Waals surface area contributed by atoms with E-state index < -0.39 is 0 Å². The molecule has 0 saturated carbocycles. The van der Waals surface area contributed by atoms with Gasteiger partial charge in [-0.3, -0.25) is 9.59 Å². The van der Waals surface area contributed by atoms with Gasteiger partial charge in [0, 0.05) is 29.4 Å². The van der Waals surface area contributed by atoms with Crippen molar-refractivity contribution in [2.45, 2.75) is 57.0 Å². The number of aromatic amines is 1. The van der Waals surface area contributed by atoms with Gasteiger partial charge in [0.05, 0.1) is 5.56 Å². The number of nitrogens with one attached hydrogen (secondary N) is 2. The predicted molar refractivity (Wildman–Crippen MR) is 113 cm³/mol. The molecule has 5 nitrogen and oxygen atoms in total. The predicted octanol–water partition coefficient (Wildman–Crippen LogP) is 4.40. The van der Waals surface area contributed by atoms with E-state index in [0.29, 0.717) is 23.0 Å². The molecule has 0 spiro atoms. The largest absolute Gasteiger partial charge is 0.343 e. The molecule has 1 unspecified atom stereocenters. The quantitative estimate of drug-likeness (QED) is 0.580. The second-order valence-electron chi connectivity index (χ2n) is 7.30. The minimum absolute atomic E-state index is 0.132. The molecular weight excluding hydrogens is 370 g/mol. The number of aromatic nitrogens is 2. The van der Waals surface area contributed by atoms with Gasteiger partial charge < -0.3 is 10.3 Å². The molecule has 0 amide bonds. The van der Waals surface area contributed by atoms with Crippen LogP contribution in [0.3, 0.4) is 0 Å². The average molecular weight is 396 g/mol. The van der Waals surface area contributed by atoms with E-state index in [0.717, 1.165) is 48.3 Å². The number of hydrogen-bond acceptors (Lipinski definition) is 5. The minimum Gasteiger partial charge on any atom is -0.343 e. The fourth-order valence-corrected chi connectivity index (χ4v) is 4.70. The maximum atomic E-state index is 13.1. The summed E-state index contributed by atoms with van der Waals surface area (Å²) < 4.78 is 0. The van der Waals surface area contributed by atoms with Crippen molar-refractivity contribution in [1.82, 2.24) is 9.97 Å². The number of hydrogen-bond donors (Lipinski definition) is 2. The summed E-state index contributed by atoms with van der Waals surface area (Å²) in [5.74, 6) is 1.27. The highest BCUT2D eigenvalue weighted by Crippen LogP contribution is 2.43. The maximum Gasteiger partial charge on any atom is 0.257 e. The third-order valence-corrected chi connectivity index (χ3v) is 6.48. The lowest BCUT2D eigenvalue weighted by atomic mass is 9.76. The third-order valence-electron chi connectivity index (χ3n) is 5.40. The van der Waals surface area contributed by atoms with E-state index in [1.54, 1.807) is 11.8 Å². The van der Waals surface area contributed by atoms with Gasteiger partial charge in [-0.2, -0.15) is 0 Å². The number of nitrogens with zero attached hydrogens (tertiary/aromatic N) is 1. The molecule has 0 bridgehead atoms. The zero-order valence-corrected chi connectivity index (χ0v) is 17.1. The summed E-state index contributed by atoms with van der Waals surface area (Å²) >= 11 is 1.55. The van der Waals surface area contributed by atoms with Crippen LogP contribution in [0.5, 0.6) is 0 Å². The highest BCUT2D eigenvalue weighted by Gasteiger charge is 2.37. The van der Waals surface area contributed by atoms with E-state index in [-0.39, 0.29) is 17.3 Å². The summed E-state index contributed by atoms with van der Waals surface area (Å²) in [4.78, 5) is 33.5. The van der Waals surface area contributed by atoms with Gasteiger partial charge in [-0.05, 0) is 36.8 Å². The summed E-state index contributed by atoms with van der Waals surface area (Å²) in [5.41, 5.74) is 4.27. The SMILES string of the molecule is CCCSc1nc2c(c(=O)[nH]1)C(c1ccc(CC)cc1)C1=C(CCCC1=O)N2. The molecule has 1 atom stereocenters. The monoisotopic (exact) mass is 395 g/mol. The minimum atomic E-state index is -0.355. The number of carbonyl (C=O) groups is 1. The number of aryl methyl sites for hydroxylation is 1. The molecule has 1 aromatic heterocycles. The van der Waals surface area contributed by atoms with Gasteiger partial charge in [0.25, 0.3) is 5.56 Å². The molecule has 0 fully saturated rings. The Morgan fingerprint density at radius 2 is 1.93 bits per heavy atom. The van der Waals surface area contributed by atoms with Crippen LogP contribution in [-0.4, -0.2) is 21.5 Å². The van der Waals surface area contributed by atoms with Crippen molar-refractivity contribution in [3.05, 3.63) is 62.6 Å². The van der Waals surface area contributed by atoms with E-state index >= 15 is 0 Å². The second-order valence-corrected chi connectivity index (χ2v) is 8.39. The molecule has 6 heteroatoms. The van der Waals surface area contributed by atoms with Crippen LogP contribution in [0.2, 0.25) is 0 Å². The Hall–Kier alpha value is -2.34. The number of thioether (sulfide) groups is 1. The number of fused-ring (bicyclic) bond motifs is 1. The van der Waals surface area contributed by atoms with Crippen molar-refractivity contribution in [2.75, 3.05) is 11.1 Å². The first-order chi connectivity index (χ1) is 13.6. The van der Waals surface area contributed by atoms with Crippen LogP contribution < -0.4 is 10.9 Å². The van der Waals surface area contributed by atoms with Crippen LogP contribution in [-0.2, 0) is 11.2 Å². The topological polar surface area (TPSA) is 74.8 Å². The van der Waals surface area contributed by atoms with Gasteiger partial charge in [-0.15, -0.1) is 0 Å². The zero-order valence-electron chi connectivity index (χ0n) is 16.3. The Bertz CT molecular complexity index is 992. The lowest BCUT2D eigenvalue weighted by Gasteiger charge is -2.32. The molecule has 0 saturated heterocycles. The maximum absolute atomic E-state index is 13.1. The van der Waals surface area contributed by atoms with Gasteiger partial charge in [0.15, 0.2) is 10.9 Å². The van der Waals surface area contributed by atoms with Crippen LogP contribution in [0, 0.1) is 0 Å². The highest BCUT2D eigenvalue weighted by atomic mass is 32.2. The molecule has 1 aliphatic carbocycles. The number of Topliss-reactive ketones (excluding diaryl/α,β-unsaturated/α-hetero) is 1. The molecule has 0 radical (unpaired) electrons. The van der Waals surface area contributed by atoms with Gasteiger partial charge in [-0.1, -0.05) is 49.9 Å². The van der Waals surface area contributed by atoms with Crippen LogP contribution in [0.1, 0.15) is 62.1 Å². The molecule has 2 N–H and O–H groups in total. The first kappa shape index (κ1) is 19.0. The van der Waals surface area contributed by atoms with Crippen molar-refractivity contribution in [2.24, 2.45) is 0 Å². The summed E-state index contributed by atoms with van der Waals surface area (Å²) in [5, 5.41) is 3.95. The smallest absolute Gasteiger partial charge is 0.257 e. The van der Waals surface area contributed by atoms with Crippen molar-refractivity contribution in [3.8, 4) is 0 Å². The first-order valence-electron chi connectivity index (χ1n) is 10.0. The number of ketones is 1. The van der Waals surface area contributed by atoms with Crippen LogP contribution >= 0.6 is 11.8 Å². The second kappa shape index (κ2) is 7.95. The van der Waals surface area contributed by atoms with E-state index in [9.17, 15) is 9.59 Å². The number of benzene rings is 1.